The number of nitrogens with zero attached hydrogens (tertiary/aromatic N) is 2. The van der Waals surface area contributed by atoms with E-state index in [4.69, 9.17) is 14.7 Å². The lowest BCUT2D eigenvalue weighted by Crippen LogP contribution is -2.15. The second-order valence-electron chi connectivity index (χ2n) is 7.86. The van der Waals surface area contributed by atoms with Gasteiger partial charge in [-0.1, -0.05) is 78.1 Å². The van der Waals surface area contributed by atoms with Gasteiger partial charge in [-0.05, 0) is 32.1 Å². The van der Waals surface area contributed by atoms with Crippen LogP contribution in [0.5, 0.6) is 5.88 Å². The molecule has 1 aliphatic rings. The molecule has 0 aromatic carbocycles. The molecule has 26 heavy (non-hydrogen) atoms. The lowest BCUT2D eigenvalue weighted by atomic mass is 10.0. The van der Waals surface area contributed by atoms with Crippen molar-refractivity contribution < 1.29 is 4.74 Å². The number of unbranched alkanes of at least 4 members (excludes halogenated alkanes) is 10. The Morgan fingerprint density at radius 1 is 0.731 bits per heavy atom. The second kappa shape index (κ2) is 13.1. The van der Waals surface area contributed by atoms with Crippen LogP contribution in [-0.4, -0.2) is 16.6 Å². The summed E-state index contributed by atoms with van der Waals surface area (Å²) in [7, 11) is 0. The fourth-order valence-electron chi connectivity index (χ4n) is 3.80. The Bertz CT molecular complexity index is 501. The summed E-state index contributed by atoms with van der Waals surface area (Å²) in [6.45, 7) is 5.36. The monoisotopic (exact) mass is 360 g/mol. The minimum absolute atomic E-state index is 0.816. The molecule has 1 aliphatic heterocycles. The summed E-state index contributed by atoms with van der Waals surface area (Å²) in [4.78, 5) is 9.71. The Morgan fingerprint density at radius 2 is 1.35 bits per heavy atom. The van der Waals surface area contributed by atoms with Crippen molar-refractivity contribution in [1.82, 2.24) is 9.97 Å². The highest BCUT2D eigenvalue weighted by Gasteiger charge is 2.18. The van der Waals surface area contributed by atoms with Gasteiger partial charge < -0.3 is 4.74 Å². The molecule has 0 fully saturated rings. The number of hydrogen-bond donors (Lipinski definition) is 0. The molecule has 1 aromatic heterocycles. The van der Waals surface area contributed by atoms with E-state index in [-0.39, 0.29) is 0 Å². The topological polar surface area (TPSA) is 35.0 Å². The van der Waals surface area contributed by atoms with E-state index in [0.717, 1.165) is 44.0 Å². The smallest absolute Gasteiger partial charge is 0.220 e. The fourth-order valence-corrected chi connectivity index (χ4v) is 3.80. The molecular formula is C23H40N2O. The maximum atomic E-state index is 5.87. The van der Waals surface area contributed by atoms with Crippen LogP contribution in [-0.2, 0) is 19.3 Å². The third kappa shape index (κ3) is 7.63. The molecule has 0 N–H and O–H groups in total. The minimum Gasteiger partial charge on any atom is -0.477 e. The van der Waals surface area contributed by atoms with E-state index in [0.29, 0.717) is 0 Å². The summed E-state index contributed by atoms with van der Waals surface area (Å²) in [5, 5.41) is 0. The zero-order valence-corrected chi connectivity index (χ0v) is 17.3. The predicted octanol–water partition coefficient (Wildman–Crippen LogP) is 6.61. The van der Waals surface area contributed by atoms with E-state index < -0.39 is 0 Å². The van der Waals surface area contributed by atoms with E-state index in [1.54, 1.807) is 0 Å². The van der Waals surface area contributed by atoms with Gasteiger partial charge in [0, 0.05) is 12.0 Å². The van der Waals surface area contributed by atoms with Gasteiger partial charge in [-0.15, -0.1) is 0 Å². The van der Waals surface area contributed by atoms with Crippen molar-refractivity contribution in [1.29, 1.82) is 0 Å². The van der Waals surface area contributed by atoms with Gasteiger partial charge in [0.2, 0.25) is 5.88 Å². The Hall–Kier alpha value is -1.12. The molecule has 0 bridgehead atoms. The minimum atomic E-state index is 0.816. The molecular weight excluding hydrogens is 320 g/mol. The normalized spacial score (nSPS) is 13.5. The average molecular weight is 361 g/mol. The van der Waals surface area contributed by atoms with Crippen LogP contribution in [0.15, 0.2) is 0 Å². The van der Waals surface area contributed by atoms with E-state index >= 15 is 0 Å². The highest BCUT2D eigenvalue weighted by atomic mass is 16.5. The van der Waals surface area contributed by atoms with Gasteiger partial charge in [0.25, 0.3) is 0 Å². The van der Waals surface area contributed by atoms with Crippen molar-refractivity contribution in [2.24, 2.45) is 0 Å². The van der Waals surface area contributed by atoms with Crippen molar-refractivity contribution in [3.05, 3.63) is 17.1 Å². The van der Waals surface area contributed by atoms with E-state index in [9.17, 15) is 0 Å². The highest BCUT2D eigenvalue weighted by molar-refractivity contribution is 5.33. The van der Waals surface area contributed by atoms with Crippen molar-refractivity contribution in [2.75, 3.05) is 6.61 Å². The first-order valence-electron chi connectivity index (χ1n) is 11.4. The summed E-state index contributed by atoms with van der Waals surface area (Å²) in [5.74, 6) is 1.91. The van der Waals surface area contributed by atoms with E-state index in [2.05, 4.69) is 13.8 Å². The van der Waals surface area contributed by atoms with Crippen LogP contribution in [0.4, 0.5) is 0 Å². The van der Waals surface area contributed by atoms with Gasteiger partial charge in [-0.25, -0.2) is 4.98 Å². The second-order valence-corrected chi connectivity index (χ2v) is 7.86. The van der Waals surface area contributed by atoms with Crippen molar-refractivity contribution in [2.45, 2.75) is 117 Å². The van der Waals surface area contributed by atoms with E-state index in [1.165, 1.54) is 88.3 Å². The summed E-state index contributed by atoms with van der Waals surface area (Å²) in [5.41, 5.74) is 2.59. The molecule has 0 aliphatic carbocycles. The SMILES string of the molecule is CCCCCCCCc1nc(CCCCCCCC)c2c(n1)OCCC2. The summed E-state index contributed by atoms with van der Waals surface area (Å²) in [6.07, 6.45) is 20.2. The van der Waals surface area contributed by atoms with Crippen LogP contribution in [0.3, 0.4) is 0 Å². The number of rotatable bonds is 14. The number of aromatic nitrogens is 2. The van der Waals surface area contributed by atoms with Gasteiger partial charge in [-0.3, -0.25) is 0 Å². The fraction of sp³-hybridized carbons (Fsp3) is 0.826. The van der Waals surface area contributed by atoms with Crippen molar-refractivity contribution >= 4 is 0 Å². The van der Waals surface area contributed by atoms with Crippen LogP contribution in [0.1, 0.15) is 114 Å². The van der Waals surface area contributed by atoms with Crippen molar-refractivity contribution in [3.63, 3.8) is 0 Å². The maximum Gasteiger partial charge on any atom is 0.220 e. The Kier molecular flexibility index (Phi) is 10.7. The third-order valence-corrected chi connectivity index (χ3v) is 5.43. The summed E-state index contributed by atoms with van der Waals surface area (Å²) >= 11 is 0. The number of aryl methyl sites for hydroxylation is 2. The summed E-state index contributed by atoms with van der Waals surface area (Å²) < 4.78 is 5.87. The lowest BCUT2D eigenvalue weighted by molar-refractivity contribution is 0.272. The predicted molar refractivity (Wildman–Crippen MR) is 110 cm³/mol. The summed E-state index contributed by atoms with van der Waals surface area (Å²) in [6, 6.07) is 0. The first-order valence-corrected chi connectivity index (χ1v) is 11.4. The number of hydrogen-bond acceptors (Lipinski definition) is 3. The molecule has 148 valence electrons. The van der Waals surface area contributed by atoms with Gasteiger partial charge in [-0.2, -0.15) is 4.98 Å². The van der Waals surface area contributed by atoms with Gasteiger partial charge in [0.1, 0.15) is 5.82 Å². The number of fused-ring (bicyclic) bond motifs is 1. The number of ether oxygens (including phenoxy) is 1. The molecule has 2 heterocycles. The van der Waals surface area contributed by atoms with Crippen LogP contribution in [0.25, 0.3) is 0 Å². The molecule has 0 radical (unpaired) electrons. The lowest BCUT2D eigenvalue weighted by Gasteiger charge is -2.20. The molecule has 2 rings (SSSR count). The molecule has 1 aromatic rings. The first kappa shape index (κ1) is 21.2. The average Bonchev–Trinajstić information content (AvgIpc) is 2.67. The molecule has 0 spiro atoms. The maximum absolute atomic E-state index is 5.87. The Morgan fingerprint density at radius 3 is 2.04 bits per heavy atom. The molecule has 0 unspecified atom stereocenters. The Labute approximate surface area is 161 Å². The highest BCUT2D eigenvalue weighted by Crippen LogP contribution is 2.27. The molecule has 3 nitrogen and oxygen atoms in total. The molecule has 0 atom stereocenters. The van der Waals surface area contributed by atoms with Crippen LogP contribution in [0, 0.1) is 0 Å². The van der Waals surface area contributed by atoms with Crippen LogP contribution < -0.4 is 4.74 Å². The van der Waals surface area contributed by atoms with Crippen molar-refractivity contribution in [3.8, 4) is 5.88 Å². The van der Waals surface area contributed by atoms with Gasteiger partial charge >= 0.3 is 0 Å². The van der Waals surface area contributed by atoms with Gasteiger partial charge in [0.05, 0.1) is 12.3 Å². The van der Waals surface area contributed by atoms with Crippen LogP contribution >= 0.6 is 0 Å². The van der Waals surface area contributed by atoms with E-state index in [1.807, 2.05) is 0 Å². The van der Waals surface area contributed by atoms with Crippen LogP contribution in [0.2, 0.25) is 0 Å². The van der Waals surface area contributed by atoms with Gasteiger partial charge in [0.15, 0.2) is 0 Å². The molecule has 0 saturated carbocycles. The molecule has 0 amide bonds. The zero-order chi connectivity index (χ0) is 18.5. The first-order chi connectivity index (χ1) is 12.8. The molecule has 3 heteroatoms. The largest absolute Gasteiger partial charge is 0.477 e. The quantitative estimate of drug-likeness (QED) is 0.350. The zero-order valence-electron chi connectivity index (χ0n) is 17.3. The third-order valence-electron chi connectivity index (χ3n) is 5.43. The standard InChI is InChI=1S/C23H40N2O/c1-3-5-7-9-11-13-17-21-20-16-15-19-26-23(20)25-22(24-21)18-14-12-10-8-6-4-2/h3-19H2,1-2H3. The molecule has 0 saturated heterocycles. The Balaban J connectivity index is 1.84.